The number of benzene rings is 1. The van der Waals surface area contributed by atoms with Gasteiger partial charge in [0.15, 0.2) is 0 Å². The SMILES string of the molecule is CN(C)[C@@]1(c2ccccc2)CCCNC(=O)NCC1. The largest absolute Gasteiger partial charge is 0.338 e. The molecule has 0 aliphatic carbocycles. The summed E-state index contributed by atoms with van der Waals surface area (Å²) in [5.41, 5.74) is 1.33. The standard InChI is InChI=1S/C15H23N3O/c1-18(2)15(13-7-4-3-5-8-13)9-6-11-16-14(19)17-12-10-15/h3-5,7-8H,6,9-12H2,1-2H3,(H2,16,17,19)/t15-/m0/s1. The summed E-state index contributed by atoms with van der Waals surface area (Å²) in [5, 5.41) is 5.81. The molecule has 104 valence electrons. The highest BCUT2D eigenvalue weighted by atomic mass is 16.2. The molecule has 0 spiro atoms. The zero-order valence-electron chi connectivity index (χ0n) is 11.8. The minimum Gasteiger partial charge on any atom is -0.338 e. The molecule has 1 aromatic rings. The third-order valence-electron chi connectivity index (χ3n) is 4.04. The molecule has 4 nitrogen and oxygen atoms in total. The lowest BCUT2D eigenvalue weighted by Crippen LogP contribution is -2.44. The molecule has 2 rings (SSSR count). The number of rotatable bonds is 2. The van der Waals surface area contributed by atoms with Gasteiger partial charge in [0.1, 0.15) is 0 Å². The Balaban J connectivity index is 2.29. The Hall–Kier alpha value is -1.55. The van der Waals surface area contributed by atoms with Crippen molar-refractivity contribution >= 4 is 6.03 Å². The normalized spacial score (nSPS) is 24.9. The second-order valence-corrected chi connectivity index (χ2v) is 5.33. The maximum absolute atomic E-state index is 11.5. The molecule has 0 aromatic heterocycles. The third kappa shape index (κ3) is 3.07. The van der Waals surface area contributed by atoms with Crippen molar-refractivity contribution in [3.63, 3.8) is 0 Å². The zero-order valence-corrected chi connectivity index (χ0v) is 11.8. The first-order valence-electron chi connectivity index (χ1n) is 6.90. The smallest absolute Gasteiger partial charge is 0.314 e. The summed E-state index contributed by atoms with van der Waals surface area (Å²) >= 11 is 0. The van der Waals surface area contributed by atoms with Gasteiger partial charge in [0, 0.05) is 18.6 Å². The van der Waals surface area contributed by atoms with E-state index in [2.05, 4.69) is 53.9 Å². The summed E-state index contributed by atoms with van der Waals surface area (Å²) in [6.45, 7) is 1.42. The van der Waals surface area contributed by atoms with Crippen LogP contribution in [0.2, 0.25) is 0 Å². The van der Waals surface area contributed by atoms with Crippen LogP contribution in [0.1, 0.15) is 24.8 Å². The van der Waals surface area contributed by atoms with Crippen molar-refractivity contribution in [1.29, 1.82) is 0 Å². The highest BCUT2D eigenvalue weighted by molar-refractivity contribution is 5.73. The molecule has 0 radical (unpaired) electrons. The fourth-order valence-electron chi connectivity index (χ4n) is 2.90. The predicted molar refractivity (Wildman–Crippen MR) is 77.1 cm³/mol. The van der Waals surface area contributed by atoms with Gasteiger partial charge in [-0.1, -0.05) is 30.3 Å². The van der Waals surface area contributed by atoms with Crippen LogP contribution in [0.5, 0.6) is 0 Å². The molecule has 2 amide bonds. The van der Waals surface area contributed by atoms with Crippen LogP contribution in [0.15, 0.2) is 30.3 Å². The number of amides is 2. The van der Waals surface area contributed by atoms with E-state index in [4.69, 9.17) is 0 Å². The molecule has 0 saturated carbocycles. The van der Waals surface area contributed by atoms with E-state index in [0.717, 1.165) is 25.8 Å². The fourth-order valence-corrected chi connectivity index (χ4v) is 2.90. The number of hydrogen-bond donors (Lipinski definition) is 2. The Kier molecular flexibility index (Phi) is 4.43. The van der Waals surface area contributed by atoms with Gasteiger partial charge in [-0.05, 0) is 38.9 Å². The van der Waals surface area contributed by atoms with Crippen molar-refractivity contribution in [1.82, 2.24) is 15.5 Å². The van der Waals surface area contributed by atoms with E-state index in [-0.39, 0.29) is 11.6 Å². The number of urea groups is 1. The van der Waals surface area contributed by atoms with Crippen molar-refractivity contribution in [3.05, 3.63) is 35.9 Å². The number of nitrogens with zero attached hydrogens (tertiary/aromatic N) is 1. The van der Waals surface area contributed by atoms with E-state index in [1.54, 1.807) is 0 Å². The maximum atomic E-state index is 11.5. The molecular weight excluding hydrogens is 238 g/mol. The number of carbonyl (C=O) groups is 1. The highest BCUT2D eigenvalue weighted by Gasteiger charge is 2.34. The van der Waals surface area contributed by atoms with Crippen molar-refractivity contribution in [2.75, 3.05) is 27.2 Å². The van der Waals surface area contributed by atoms with E-state index in [1.807, 2.05) is 6.07 Å². The third-order valence-corrected chi connectivity index (χ3v) is 4.04. The van der Waals surface area contributed by atoms with Crippen LogP contribution < -0.4 is 10.6 Å². The van der Waals surface area contributed by atoms with Crippen molar-refractivity contribution in [3.8, 4) is 0 Å². The van der Waals surface area contributed by atoms with Crippen LogP contribution in [0, 0.1) is 0 Å². The van der Waals surface area contributed by atoms with Crippen molar-refractivity contribution < 1.29 is 4.79 Å². The molecule has 1 atom stereocenters. The first kappa shape index (κ1) is 13.9. The summed E-state index contributed by atoms with van der Waals surface area (Å²) < 4.78 is 0. The van der Waals surface area contributed by atoms with Gasteiger partial charge in [0.2, 0.25) is 0 Å². The molecule has 1 heterocycles. The minimum atomic E-state index is -0.0531. The van der Waals surface area contributed by atoms with Gasteiger partial charge in [0.25, 0.3) is 0 Å². The van der Waals surface area contributed by atoms with Gasteiger partial charge >= 0.3 is 6.03 Å². The number of nitrogens with one attached hydrogen (secondary N) is 2. The average Bonchev–Trinajstić information content (AvgIpc) is 2.51. The topological polar surface area (TPSA) is 44.4 Å². The molecule has 2 N–H and O–H groups in total. The highest BCUT2D eigenvalue weighted by Crippen LogP contribution is 2.35. The summed E-state index contributed by atoms with van der Waals surface area (Å²) in [6.07, 6.45) is 2.96. The van der Waals surface area contributed by atoms with Crippen molar-refractivity contribution in [2.24, 2.45) is 0 Å². The van der Waals surface area contributed by atoms with Crippen LogP contribution in [-0.2, 0) is 5.54 Å². The molecule has 1 aliphatic heterocycles. The molecule has 1 fully saturated rings. The molecule has 0 unspecified atom stereocenters. The lowest BCUT2D eigenvalue weighted by atomic mass is 9.81. The summed E-state index contributed by atoms with van der Waals surface area (Å²) in [6, 6.07) is 10.5. The number of hydrogen-bond acceptors (Lipinski definition) is 2. The lowest BCUT2D eigenvalue weighted by Gasteiger charge is -2.40. The first-order valence-corrected chi connectivity index (χ1v) is 6.90. The van der Waals surface area contributed by atoms with E-state index in [9.17, 15) is 4.79 Å². The average molecular weight is 261 g/mol. The quantitative estimate of drug-likeness (QED) is 0.854. The van der Waals surface area contributed by atoms with Gasteiger partial charge in [-0.3, -0.25) is 4.90 Å². The Labute approximate surface area is 115 Å². The van der Waals surface area contributed by atoms with Crippen LogP contribution in [0.25, 0.3) is 0 Å². The van der Waals surface area contributed by atoms with E-state index in [1.165, 1.54) is 5.56 Å². The molecule has 0 bridgehead atoms. The second-order valence-electron chi connectivity index (χ2n) is 5.33. The predicted octanol–water partition coefficient (Wildman–Crippen LogP) is 1.93. The van der Waals surface area contributed by atoms with Gasteiger partial charge < -0.3 is 10.6 Å². The fraction of sp³-hybridized carbons (Fsp3) is 0.533. The van der Waals surface area contributed by atoms with E-state index < -0.39 is 0 Å². The minimum absolute atomic E-state index is 0.000556. The van der Waals surface area contributed by atoms with Gasteiger partial charge in [-0.2, -0.15) is 0 Å². The molecular formula is C15H23N3O. The van der Waals surface area contributed by atoms with Gasteiger partial charge in [0.05, 0.1) is 0 Å². The van der Waals surface area contributed by atoms with E-state index in [0.29, 0.717) is 6.54 Å². The van der Waals surface area contributed by atoms with Crippen molar-refractivity contribution in [2.45, 2.75) is 24.8 Å². The van der Waals surface area contributed by atoms with Gasteiger partial charge in [-0.25, -0.2) is 4.79 Å². The molecule has 1 aromatic carbocycles. The monoisotopic (exact) mass is 261 g/mol. The Morgan fingerprint density at radius 1 is 1.05 bits per heavy atom. The summed E-state index contributed by atoms with van der Waals surface area (Å²) in [5.74, 6) is 0. The molecule has 4 heteroatoms. The van der Waals surface area contributed by atoms with E-state index >= 15 is 0 Å². The molecule has 19 heavy (non-hydrogen) atoms. The van der Waals surface area contributed by atoms with Crippen LogP contribution in [0.4, 0.5) is 4.79 Å². The second kappa shape index (κ2) is 6.06. The van der Waals surface area contributed by atoms with Crippen LogP contribution in [0.3, 0.4) is 0 Å². The summed E-state index contributed by atoms with van der Waals surface area (Å²) in [4.78, 5) is 13.8. The first-order chi connectivity index (χ1) is 9.15. The maximum Gasteiger partial charge on any atom is 0.314 e. The zero-order chi connectivity index (χ0) is 13.7. The molecule has 1 saturated heterocycles. The molecule has 1 aliphatic rings. The van der Waals surface area contributed by atoms with Crippen LogP contribution >= 0.6 is 0 Å². The van der Waals surface area contributed by atoms with Crippen LogP contribution in [-0.4, -0.2) is 38.1 Å². The summed E-state index contributed by atoms with van der Waals surface area (Å²) in [7, 11) is 4.25. The Morgan fingerprint density at radius 3 is 2.42 bits per heavy atom. The number of carbonyl (C=O) groups excluding carboxylic acids is 1. The Bertz CT molecular complexity index is 419. The Morgan fingerprint density at radius 2 is 1.74 bits per heavy atom. The lowest BCUT2D eigenvalue weighted by molar-refractivity contribution is 0.125. The van der Waals surface area contributed by atoms with Gasteiger partial charge in [-0.15, -0.1) is 0 Å².